The maximum absolute atomic E-state index is 14.0. The summed E-state index contributed by atoms with van der Waals surface area (Å²) in [5.41, 5.74) is 18.2. The molecule has 10 N–H and O–H groups in total. The van der Waals surface area contributed by atoms with Gasteiger partial charge in [-0.3, -0.25) is 29.0 Å². The van der Waals surface area contributed by atoms with Crippen molar-refractivity contribution in [3.63, 3.8) is 0 Å². The topological polar surface area (TPSA) is 241 Å². The number of guanidine groups is 1. The van der Waals surface area contributed by atoms with Crippen molar-refractivity contribution in [3.8, 4) is 0 Å². The molecule has 0 saturated carbocycles. The van der Waals surface area contributed by atoms with Crippen molar-refractivity contribution < 1.29 is 24.0 Å². The zero-order valence-corrected chi connectivity index (χ0v) is 32.2. The number of carbonyl (C=O) groups is 5. The summed E-state index contributed by atoms with van der Waals surface area (Å²) in [7, 11) is 1.53. The standard InChI is InChI=1S/C39H63N9O5/c1-25(2)18-28(14-9-10-16-40)37(52)47-32(15-11-17-45-39(41)42)35(50)22-31(26(3)4)38(53)48-33(21-30-23-44-24-46-30)34(49)20-29(36(51)43-5)19-27-12-7-6-8-13-27/h6-8,12-13,23-26,28-29,31-33H,9-11,14-22,40H2,1-5H3,(H,43,51)(H,44,46)(H,47,52)(H,48,53)(H4,41,42,45)/t28-,29-,31+,32+,33+/m1/s1. The lowest BCUT2D eigenvalue weighted by atomic mass is 9.85. The molecule has 2 rings (SSSR count). The largest absolute Gasteiger partial charge is 0.370 e. The van der Waals surface area contributed by atoms with Crippen LogP contribution in [-0.4, -0.2) is 77.4 Å². The second-order valence-corrected chi connectivity index (χ2v) is 14.7. The molecule has 0 spiro atoms. The van der Waals surface area contributed by atoms with Crippen molar-refractivity contribution >= 4 is 35.2 Å². The molecule has 0 saturated heterocycles. The summed E-state index contributed by atoms with van der Waals surface area (Å²) >= 11 is 0. The second-order valence-electron chi connectivity index (χ2n) is 14.7. The van der Waals surface area contributed by atoms with Crippen molar-refractivity contribution in [2.75, 3.05) is 20.1 Å². The quantitative estimate of drug-likeness (QED) is 0.0426. The third-order valence-corrected chi connectivity index (χ3v) is 9.42. The Bertz CT molecular complexity index is 1440. The third-order valence-electron chi connectivity index (χ3n) is 9.42. The highest BCUT2D eigenvalue weighted by molar-refractivity contribution is 5.96. The number of amides is 3. The molecule has 3 amide bonds. The maximum Gasteiger partial charge on any atom is 0.224 e. The minimum Gasteiger partial charge on any atom is -0.370 e. The third kappa shape index (κ3) is 16.7. The fourth-order valence-electron chi connectivity index (χ4n) is 6.44. The number of H-pyrrole nitrogens is 1. The molecule has 1 heterocycles. The van der Waals surface area contributed by atoms with E-state index >= 15 is 0 Å². The number of unbranched alkanes of at least 4 members (excludes halogenated alkanes) is 1. The van der Waals surface area contributed by atoms with Crippen molar-refractivity contribution in [2.24, 2.45) is 51.8 Å². The molecule has 5 atom stereocenters. The Morgan fingerprint density at radius 2 is 1.49 bits per heavy atom. The number of nitrogens with two attached hydrogens (primary N) is 3. The molecule has 0 bridgehead atoms. The second kappa shape index (κ2) is 23.9. The van der Waals surface area contributed by atoms with Crippen LogP contribution in [0.15, 0.2) is 47.8 Å². The molecule has 2 aromatic rings. The Morgan fingerprint density at radius 1 is 0.811 bits per heavy atom. The number of aliphatic imine (C=N–C) groups is 1. The van der Waals surface area contributed by atoms with Gasteiger partial charge in [0.1, 0.15) is 0 Å². The number of ketones is 2. The first kappa shape index (κ1) is 44.6. The van der Waals surface area contributed by atoms with E-state index in [9.17, 15) is 24.0 Å². The van der Waals surface area contributed by atoms with Gasteiger partial charge in [0.15, 0.2) is 17.5 Å². The average molecular weight is 738 g/mol. The number of aromatic amines is 1. The van der Waals surface area contributed by atoms with E-state index in [0.29, 0.717) is 37.9 Å². The van der Waals surface area contributed by atoms with Gasteiger partial charge in [0.25, 0.3) is 0 Å². The van der Waals surface area contributed by atoms with Crippen molar-refractivity contribution in [2.45, 2.75) is 104 Å². The van der Waals surface area contributed by atoms with Crippen molar-refractivity contribution in [1.82, 2.24) is 25.9 Å². The SMILES string of the molecule is CNC(=O)[C@@H](CC(=O)[C@H](Cc1cnc[nH]1)NC(=O)[C@@H](CC(=O)[C@H](CCCN=C(N)N)NC(=O)[C@H](CCCCN)CC(C)C)C(C)C)Cc1ccccc1. The van der Waals surface area contributed by atoms with Gasteiger partial charge in [-0.25, -0.2) is 4.98 Å². The Morgan fingerprint density at radius 3 is 2.08 bits per heavy atom. The normalized spacial score (nSPS) is 14.1. The average Bonchev–Trinajstić information content (AvgIpc) is 3.63. The molecule has 14 heteroatoms. The summed E-state index contributed by atoms with van der Waals surface area (Å²) < 4.78 is 0. The van der Waals surface area contributed by atoms with Gasteiger partial charge < -0.3 is 38.1 Å². The van der Waals surface area contributed by atoms with Crippen LogP contribution in [0.25, 0.3) is 0 Å². The highest BCUT2D eigenvalue weighted by Crippen LogP contribution is 2.23. The highest BCUT2D eigenvalue weighted by atomic mass is 16.2. The molecule has 1 aromatic heterocycles. The van der Waals surface area contributed by atoms with E-state index in [-0.39, 0.29) is 79.3 Å². The predicted octanol–water partition coefficient (Wildman–Crippen LogP) is 2.56. The summed E-state index contributed by atoms with van der Waals surface area (Å²) in [6, 6.07) is 7.59. The molecule has 0 fully saturated rings. The van der Waals surface area contributed by atoms with Gasteiger partial charge in [-0.2, -0.15) is 0 Å². The number of rotatable bonds is 26. The fourth-order valence-corrected chi connectivity index (χ4v) is 6.44. The number of hydrogen-bond acceptors (Lipinski definition) is 8. The molecule has 1 aromatic carbocycles. The Labute approximate surface area is 314 Å². The fraction of sp³-hybridized carbons (Fsp3) is 0.615. The van der Waals surface area contributed by atoms with Crippen LogP contribution in [0, 0.1) is 29.6 Å². The summed E-state index contributed by atoms with van der Waals surface area (Å²) in [5, 5.41) is 8.58. The van der Waals surface area contributed by atoms with E-state index in [0.717, 1.165) is 18.4 Å². The lowest BCUT2D eigenvalue weighted by molar-refractivity contribution is -0.136. The highest BCUT2D eigenvalue weighted by Gasteiger charge is 2.34. The summed E-state index contributed by atoms with van der Waals surface area (Å²) in [4.78, 5) is 79.5. The molecule has 0 aliphatic heterocycles. The van der Waals surface area contributed by atoms with Gasteiger partial charge in [-0.05, 0) is 62.5 Å². The zero-order chi connectivity index (χ0) is 39.3. The van der Waals surface area contributed by atoms with Crippen LogP contribution in [0.1, 0.15) is 90.3 Å². The number of nitrogens with one attached hydrogen (secondary N) is 4. The van der Waals surface area contributed by atoms with Crippen molar-refractivity contribution in [3.05, 3.63) is 54.1 Å². The van der Waals surface area contributed by atoms with Crippen molar-refractivity contribution in [1.29, 1.82) is 0 Å². The minimum absolute atomic E-state index is 0.0636. The van der Waals surface area contributed by atoms with Gasteiger partial charge in [0.05, 0.1) is 18.4 Å². The molecule has 0 unspecified atom stereocenters. The molecule has 0 aliphatic carbocycles. The molecular weight excluding hydrogens is 674 g/mol. The van der Waals surface area contributed by atoms with Gasteiger partial charge in [-0.15, -0.1) is 0 Å². The zero-order valence-electron chi connectivity index (χ0n) is 32.2. The number of aromatic nitrogens is 2. The molecule has 0 aliphatic rings. The summed E-state index contributed by atoms with van der Waals surface area (Å²) in [6.07, 6.45) is 6.93. The first-order valence-corrected chi connectivity index (χ1v) is 18.9. The number of imidazole rings is 1. The van der Waals surface area contributed by atoms with Crippen LogP contribution in [-0.2, 0) is 36.8 Å². The Hall–Kier alpha value is -4.59. The first-order chi connectivity index (χ1) is 25.2. The lowest BCUT2D eigenvalue weighted by Crippen LogP contribution is -2.49. The van der Waals surface area contributed by atoms with Gasteiger partial charge in [0, 0.05) is 62.5 Å². The van der Waals surface area contributed by atoms with E-state index in [1.165, 1.54) is 13.4 Å². The van der Waals surface area contributed by atoms with Crippen LogP contribution < -0.4 is 33.2 Å². The molecule has 0 radical (unpaired) electrons. The Kier molecular flexibility index (Phi) is 20.1. The molecule has 14 nitrogen and oxygen atoms in total. The smallest absolute Gasteiger partial charge is 0.224 e. The predicted molar refractivity (Wildman–Crippen MR) is 207 cm³/mol. The number of carbonyl (C=O) groups excluding carboxylic acids is 5. The monoisotopic (exact) mass is 737 g/mol. The van der Waals surface area contributed by atoms with Crippen LogP contribution >= 0.6 is 0 Å². The minimum atomic E-state index is -0.984. The van der Waals surface area contributed by atoms with Gasteiger partial charge in [-0.1, -0.05) is 64.4 Å². The van der Waals surface area contributed by atoms with E-state index in [1.807, 2.05) is 44.2 Å². The van der Waals surface area contributed by atoms with Crippen LogP contribution in [0.2, 0.25) is 0 Å². The first-order valence-electron chi connectivity index (χ1n) is 18.9. The molecule has 53 heavy (non-hydrogen) atoms. The number of nitrogens with zero attached hydrogens (tertiary/aromatic N) is 2. The van der Waals surface area contributed by atoms with E-state index in [4.69, 9.17) is 17.2 Å². The van der Waals surface area contributed by atoms with Gasteiger partial charge >= 0.3 is 0 Å². The number of Topliss-reactive ketones (excluding diaryl/α,β-unsaturated/α-hetero) is 2. The molecule has 294 valence electrons. The van der Waals surface area contributed by atoms with E-state index in [1.54, 1.807) is 6.20 Å². The number of hydrogen-bond donors (Lipinski definition) is 7. The summed E-state index contributed by atoms with van der Waals surface area (Å²) in [5.74, 6) is -3.35. The summed E-state index contributed by atoms with van der Waals surface area (Å²) in [6.45, 7) is 8.61. The maximum atomic E-state index is 14.0. The van der Waals surface area contributed by atoms with Crippen LogP contribution in [0.3, 0.4) is 0 Å². The van der Waals surface area contributed by atoms with Gasteiger partial charge in [0.2, 0.25) is 17.7 Å². The van der Waals surface area contributed by atoms with E-state index in [2.05, 4.69) is 44.8 Å². The Balaban J connectivity index is 2.30. The molecular formula is C39H63N9O5. The van der Waals surface area contributed by atoms with Crippen LogP contribution in [0.4, 0.5) is 0 Å². The number of benzene rings is 1. The van der Waals surface area contributed by atoms with Crippen LogP contribution in [0.5, 0.6) is 0 Å². The lowest BCUT2D eigenvalue weighted by Gasteiger charge is -2.27. The van der Waals surface area contributed by atoms with E-state index < -0.39 is 29.8 Å².